The SMILES string of the molecule is Cc1cc(C)c(N2CN(c3cc(Oc4ccc5c6ccccc6n(-c6ccccn6)c5c4)cc(C(C)(C)C)c3)c3nc(C)ccc32)c(C)c1. The van der Waals surface area contributed by atoms with Crippen molar-refractivity contribution in [2.24, 2.45) is 0 Å². The fourth-order valence-corrected chi connectivity index (χ4v) is 7.34. The van der Waals surface area contributed by atoms with Crippen LogP contribution in [-0.4, -0.2) is 21.2 Å². The van der Waals surface area contributed by atoms with E-state index in [1.54, 1.807) is 0 Å². The van der Waals surface area contributed by atoms with E-state index in [1.165, 1.54) is 33.3 Å². The third-order valence-corrected chi connectivity index (χ3v) is 9.56. The smallest absolute Gasteiger partial charge is 0.158 e. The van der Waals surface area contributed by atoms with Crippen LogP contribution in [0.4, 0.5) is 22.9 Å². The van der Waals surface area contributed by atoms with E-state index in [1.807, 2.05) is 24.4 Å². The van der Waals surface area contributed by atoms with Gasteiger partial charge in [0.2, 0.25) is 0 Å². The van der Waals surface area contributed by atoms with Crippen LogP contribution >= 0.6 is 0 Å². The maximum atomic E-state index is 6.79. The fraction of sp³-hybridized carbons (Fsp3) is 0.209. The lowest BCUT2D eigenvalue weighted by Crippen LogP contribution is -2.25. The lowest BCUT2D eigenvalue weighted by Gasteiger charge is -2.27. The average Bonchev–Trinajstić information content (AvgIpc) is 3.59. The third kappa shape index (κ3) is 5.38. The molecule has 0 amide bonds. The molecule has 0 saturated heterocycles. The maximum absolute atomic E-state index is 6.79. The van der Waals surface area contributed by atoms with Crippen molar-refractivity contribution in [3.63, 3.8) is 0 Å². The van der Waals surface area contributed by atoms with Crippen LogP contribution in [0.1, 0.15) is 48.7 Å². The molecule has 0 radical (unpaired) electrons. The van der Waals surface area contributed by atoms with Crippen LogP contribution in [0.25, 0.3) is 27.6 Å². The summed E-state index contributed by atoms with van der Waals surface area (Å²) in [6.45, 7) is 16.0. The largest absolute Gasteiger partial charge is 0.457 e. The predicted octanol–water partition coefficient (Wildman–Crippen LogP) is 11.1. The normalized spacial score (nSPS) is 13.0. The summed E-state index contributed by atoms with van der Waals surface area (Å²) in [6.07, 6.45) is 1.84. The van der Waals surface area contributed by atoms with Gasteiger partial charge >= 0.3 is 0 Å². The molecule has 0 atom stereocenters. The molecule has 0 N–H and O–H groups in total. The molecule has 1 aliphatic rings. The summed E-state index contributed by atoms with van der Waals surface area (Å²) >= 11 is 0. The second kappa shape index (κ2) is 11.5. The van der Waals surface area contributed by atoms with Crippen LogP contribution in [-0.2, 0) is 5.41 Å². The van der Waals surface area contributed by atoms with Crippen LogP contribution in [0.3, 0.4) is 0 Å². The maximum Gasteiger partial charge on any atom is 0.158 e. The second-order valence-electron chi connectivity index (χ2n) is 14.3. The van der Waals surface area contributed by atoms with Crippen LogP contribution in [0.5, 0.6) is 11.5 Å². The zero-order valence-electron chi connectivity index (χ0n) is 29.2. The Hall–Kier alpha value is -5.62. The topological polar surface area (TPSA) is 46.4 Å². The minimum atomic E-state index is -0.101. The number of aryl methyl sites for hydroxylation is 4. The molecule has 244 valence electrons. The number of hydrogen-bond donors (Lipinski definition) is 0. The highest BCUT2D eigenvalue weighted by atomic mass is 16.5. The molecule has 3 aromatic heterocycles. The quantitative estimate of drug-likeness (QED) is 0.187. The van der Waals surface area contributed by atoms with Crippen molar-refractivity contribution in [1.82, 2.24) is 14.5 Å². The minimum Gasteiger partial charge on any atom is -0.457 e. The van der Waals surface area contributed by atoms with Gasteiger partial charge in [-0.2, -0.15) is 0 Å². The second-order valence-corrected chi connectivity index (χ2v) is 14.3. The summed E-state index contributed by atoms with van der Waals surface area (Å²) in [5.74, 6) is 3.39. The van der Waals surface area contributed by atoms with E-state index in [2.05, 4.69) is 148 Å². The Balaban J connectivity index is 1.24. The van der Waals surface area contributed by atoms with Gasteiger partial charge in [0.1, 0.15) is 24.0 Å². The lowest BCUT2D eigenvalue weighted by atomic mass is 9.86. The summed E-state index contributed by atoms with van der Waals surface area (Å²) in [7, 11) is 0. The summed E-state index contributed by atoms with van der Waals surface area (Å²) in [6, 6.07) is 36.3. The summed E-state index contributed by atoms with van der Waals surface area (Å²) < 4.78 is 9.01. The van der Waals surface area contributed by atoms with Crippen molar-refractivity contribution < 1.29 is 4.74 Å². The molecular weight excluding hydrogens is 603 g/mol. The lowest BCUT2D eigenvalue weighted by molar-refractivity contribution is 0.479. The Morgan fingerprint density at radius 1 is 0.673 bits per heavy atom. The number of para-hydroxylation sites is 1. The molecule has 6 nitrogen and oxygen atoms in total. The first-order valence-corrected chi connectivity index (χ1v) is 16.9. The molecule has 0 unspecified atom stereocenters. The van der Waals surface area contributed by atoms with E-state index in [0.29, 0.717) is 6.67 Å². The van der Waals surface area contributed by atoms with Gasteiger partial charge in [-0.05, 0) is 104 Å². The molecule has 0 aliphatic carbocycles. The van der Waals surface area contributed by atoms with Gasteiger partial charge in [-0.1, -0.05) is 62.7 Å². The van der Waals surface area contributed by atoms with Gasteiger partial charge in [-0.25, -0.2) is 9.97 Å². The van der Waals surface area contributed by atoms with Gasteiger partial charge in [0, 0.05) is 46.2 Å². The van der Waals surface area contributed by atoms with Gasteiger partial charge in [-0.15, -0.1) is 0 Å². The molecular formula is C43H41N5O. The number of anilines is 4. The molecule has 1 aliphatic heterocycles. The number of hydrogen-bond acceptors (Lipinski definition) is 5. The Kier molecular flexibility index (Phi) is 7.21. The van der Waals surface area contributed by atoms with E-state index < -0.39 is 0 Å². The van der Waals surface area contributed by atoms with Crippen molar-refractivity contribution >= 4 is 44.7 Å². The van der Waals surface area contributed by atoms with Crippen LogP contribution < -0.4 is 14.5 Å². The van der Waals surface area contributed by atoms with Crippen molar-refractivity contribution in [2.45, 2.75) is 53.9 Å². The van der Waals surface area contributed by atoms with Gasteiger partial charge in [0.15, 0.2) is 5.82 Å². The molecule has 0 fully saturated rings. The number of fused-ring (bicyclic) bond motifs is 4. The van der Waals surface area contributed by atoms with Crippen LogP contribution in [0.15, 0.2) is 109 Å². The van der Waals surface area contributed by atoms with E-state index in [9.17, 15) is 0 Å². The Bertz CT molecular complexity index is 2360. The average molecular weight is 644 g/mol. The molecule has 0 saturated carbocycles. The summed E-state index contributed by atoms with van der Waals surface area (Å²) in [5.41, 5.74) is 11.4. The van der Waals surface area contributed by atoms with E-state index >= 15 is 0 Å². The highest BCUT2D eigenvalue weighted by molar-refractivity contribution is 6.09. The Morgan fingerprint density at radius 2 is 1.43 bits per heavy atom. The highest BCUT2D eigenvalue weighted by Gasteiger charge is 2.32. The zero-order chi connectivity index (χ0) is 34.0. The summed E-state index contributed by atoms with van der Waals surface area (Å²) in [5, 5.41) is 2.35. The third-order valence-electron chi connectivity index (χ3n) is 9.56. The first-order chi connectivity index (χ1) is 23.5. The number of rotatable bonds is 5. The summed E-state index contributed by atoms with van der Waals surface area (Å²) in [4.78, 5) is 14.5. The Morgan fingerprint density at radius 3 is 2.18 bits per heavy atom. The first kappa shape index (κ1) is 30.7. The van der Waals surface area contributed by atoms with E-state index in [4.69, 9.17) is 14.7 Å². The van der Waals surface area contributed by atoms with E-state index in [-0.39, 0.29) is 5.41 Å². The molecule has 49 heavy (non-hydrogen) atoms. The zero-order valence-corrected chi connectivity index (χ0v) is 29.2. The molecule has 8 rings (SSSR count). The number of pyridine rings is 2. The number of aromatic nitrogens is 3. The molecule has 0 spiro atoms. The monoisotopic (exact) mass is 643 g/mol. The van der Waals surface area contributed by atoms with E-state index in [0.717, 1.165) is 56.6 Å². The standard InChI is InChI=1S/C43H41N5O/c1-27-20-28(2)41(29(3)21-27)47-26-46(42-38(47)18-15-30(4)45-42)32-22-31(43(5,6)7)23-34(24-32)49-33-16-17-36-35-12-8-9-13-37(35)48(39(36)25-33)40-14-10-11-19-44-40/h8-25H,26H2,1-7H3. The first-order valence-electron chi connectivity index (χ1n) is 16.9. The molecule has 6 heteroatoms. The van der Waals surface area contributed by atoms with Crippen LogP contribution in [0, 0.1) is 27.7 Å². The number of nitrogens with zero attached hydrogens (tertiary/aromatic N) is 5. The van der Waals surface area contributed by atoms with Gasteiger partial charge in [0.25, 0.3) is 0 Å². The fourth-order valence-electron chi connectivity index (χ4n) is 7.34. The van der Waals surface area contributed by atoms with Crippen molar-refractivity contribution in [3.8, 4) is 17.3 Å². The molecule has 4 aromatic carbocycles. The van der Waals surface area contributed by atoms with Crippen molar-refractivity contribution in [3.05, 3.63) is 137 Å². The minimum absolute atomic E-state index is 0.101. The Labute approximate surface area is 288 Å². The number of benzene rings is 4. The molecule has 4 heterocycles. The molecule has 7 aromatic rings. The van der Waals surface area contributed by atoms with Gasteiger partial charge in [0.05, 0.1) is 16.7 Å². The number of ether oxygens (including phenoxy) is 1. The van der Waals surface area contributed by atoms with Crippen molar-refractivity contribution in [1.29, 1.82) is 0 Å². The van der Waals surface area contributed by atoms with Gasteiger partial charge < -0.3 is 14.5 Å². The molecule has 0 bridgehead atoms. The predicted molar refractivity (Wildman–Crippen MR) is 203 cm³/mol. The highest BCUT2D eigenvalue weighted by Crippen LogP contribution is 2.47. The van der Waals surface area contributed by atoms with Crippen LogP contribution in [0.2, 0.25) is 0 Å². The van der Waals surface area contributed by atoms with Gasteiger partial charge in [-0.3, -0.25) is 4.57 Å². The van der Waals surface area contributed by atoms with Crippen molar-refractivity contribution in [2.75, 3.05) is 16.5 Å².